The van der Waals surface area contributed by atoms with E-state index in [1.165, 1.54) is 24.0 Å². The number of hydrogen-bond donors (Lipinski definition) is 1. The number of hydrogen-bond acceptors (Lipinski definition) is 3. The van der Waals surface area contributed by atoms with Crippen molar-refractivity contribution in [2.75, 3.05) is 11.9 Å². The van der Waals surface area contributed by atoms with E-state index in [9.17, 15) is 4.39 Å². The lowest BCUT2D eigenvalue weighted by atomic mass is 10.1. The van der Waals surface area contributed by atoms with Crippen LogP contribution in [0, 0.1) is 5.82 Å². The molecule has 0 bridgehead atoms. The van der Waals surface area contributed by atoms with Crippen molar-refractivity contribution in [2.24, 2.45) is 0 Å². The van der Waals surface area contributed by atoms with Crippen LogP contribution in [0.15, 0.2) is 48.8 Å². The minimum absolute atomic E-state index is 0.286. The molecular weight excluding hydrogens is 301 g/mol. The van der Waals surface area contributed by atoms with Gasteiger partial charge in [-0.15, -0.1) is 0 Å². The van der Waals surface area contributed by atoms with Gasteiger partial charge in [-0.25, -0.2) is 14.4 Å². The number of rotatable bonds is 5. The Hall–Kier alpha value is -2.20. The lowest BCUT2D eigenvalue weighted by Crippen LogP contribution is -2.05. The number of fused-ring (bicyclic) bond motifs is 1. The van der Waals surface area contributed by atoms with Crippen LogP contribution >= 0.6 is 11.6 Å². The summed E-state index contributed by atoms with van der Waals surface area (Å²) in [5.74, 6) is 0.382. The minimum atomic E-state index is -0.286. The summed E-state index contributed by atoms with van der Waals surface area (Å²) < 4.78 is 13.4. The van der Waals surface area contributed by atoms with E-state index in [1.54, 1.807) is 6.07 Å². The Morgan fingerprint density at radius 2 is 1.86 bits per heavy atom. The molecule has 0 saturated heterocycles. The molecule has 1 aromatic heterocycles. The first-order valence-corrected chi connectivity index (χ1v) is 7.49. The summed E-state index contributed by atoms with van der Waals surface area (Å²) in [6.45, 7) is 0.755. The van der Waals surface area contributed by atoms with Crippen LogP contribution < -0.4 is 5.32 Å². The van der Waals surface area contributed by atoms with Crippen molar-refractivity contribution in [3.05, 3.63) is 65.2 Å². The average molecular weight is 316 g/mol. The van der Waals surface area contributed by atoms with Gasteiger partial charge in [-0.3, -0.25) is 0 Å². The van der Waals surface area contributed by atoms with Crippen molar-refractivity contribution >= 4 is 28.3 Å². The molecule has 1 N–H and O–H groups in total. The second-order valence-electron chi connectivity index (χ2n) is 5.04. The number of halogens is 2. The summed E-state index contributed by atoms with van der Waals surface area (Å²) in [6, 6.07) is 12.4. The van der Waals surface area contributed by atoms with Gasteiger partial charge < -0.3 is 5.32 Å². The first-order chi connectivity index (χ1) is 10.7. The molecule has 3 nitrogen and oxygen atoms in total. The van der Waals surface area contributed by atoms with Crippen LogP contribution in [0.3, 0.4) is 0 Å². The highest BCUT2D eigenvalue weighted by molar-refractivity contribution is 6.30. The van der Waals surface area contributed by atoms with Gasteiger partial charge in [0.2, 0.25) is 0 Å². The molecule has 1 heterocycles. The first kappa shape index (κ1) is 14.7. The molecule has 3 aromatic rings. The number of nitrogens with one attached hydrogen (secondary N) is 1. The molecule has 0 saturated carbocycles. The van der Waals surface area contributed by atoms with Crippen molar-refractivity contribution in [3.8, 4) is 0 Å². The Labute approximate surface area is 133 Å². The highest BCUT2D eigenvalue weighted by atomic mass is 35.5. The molecule has 0 aliphatic rings. The van der Waals surface area contributed by atoms with Gasteiger partial charge in [-0.1, -0.05) is 23.7 Å². The fourth-order valence-corrected chi connectivity index (χ4v) is 2.45. The zero-order valence-electron chi connectivity index (χ0n) is 11.9. The van der Waals surface area contributed by atoms with Gasteiger partial charge in [0.25, 0.3) is 0 Å². The second kappa shape index (κ2) is 6.71. The summed E-state index contributed by atoms with van der Waals surface area (Å²) in [6.07, 6.45) is 3.38. The van der Waals surface area contributed by atoms with Gasteiger partial charge in [0, 0.05) is 17.0 Å². The zero-order valence-corrected chi connectivity index (χ0v) is 12.6. The Morgan fingerprint density at radius 1 is 1.05 bits per heavy atom. The fraction of sp³-hybridized carbons (Fsp3) is 0.176. The monoisotopic (exact) mass is 315 g/mol. The minimum Gasteiger partial charge on any atom is -0.369 e. The Kier molecular flexibility index (Phi) is 4.49. The molecule has 2 aromatic carbocycles. The van der Waals surface area contributed by atoms with Gasteiger partial charge in [0.1, 0.15) is 18.0 Å². The summed E-state index contributed by atoms with van der Waals surface area (Å²) in [5, 5.41) is 4.70. The normalized spacial score (nSPS) is 10.8. The molecular formula is C17H15ClFN3. The number of nitrogens with zero attached hydrogens (tertiary/aromatic N) is 2. The van der Waals surface area contributed by atoms with Gasteiger partial charge in [0.15, 0.2) is 0 Å². The molecule has 3 rings (SSSR count). The Bertz CT molecular complexity index is 774. The van der Waals surface area contributed by atoms with Crippen LogP contribution in [0.1, 0.15) is 12.0 Å². The van der Waals surface area contributed by atoms with E-state index in [-0.39, 0.29) is 5.82 Å². The van der Waals surface area contributed by atoms with Crippen molar-refractivity contribution in [3.63, 3.8) is 0 Å². The van der Waals surface area contributed by atoms with Crippen LogP contribution in [0.25, 0.3) is 10.9 Å². The van der Waals surface area contributed by atoms with Gasteiger partial charge in [0.05, 0.1) is 5.52 Å². The van der Waals surface area contributed by atoms with Gasteiger partial charge in [-0.05, 0) is 48.7 Å². The molecule has 0 radical (unpaired) electrons. The Balaban J connectivity index is 1.62. The van der Waals surface area contributed by atoms with E-state index >= 15 is 0 Å². The SMILES string of the molecule is Fc1ccc2ncnc(NCCCc3ccc(Cl)cc3)c2c1. The maximum atomic E-state index is 13.4. The lowest BCUT2D eigenvalue weighted by molar-refractivity contribution is 0.629. The quantitative estimate of drug-likeness (QED) is 0.706. The van der Waals surface area contributed by atoms with Gasteiger partial charge >= 0.3 is 0 Å². The average Bonchev–Trinajstić information content (AvgIpc) is 2.53. The third-order valence-electron chi connectivity index (χ3n) is 3.45. The number of benzene rings is 2. The third kappa shape index (κ3) is 3.52. The van der Waals surface area contributed by atoms with Crippen LogP contribution in [-0.4, -0.2) is 16.5 Å². The summed E-state index contributed by atoms with van der Waals surface area (Å²) in [4.78, 5) is 8.33. The van der Waals surface area contributed by atoms with Crippen LogP contribution in [0.5, 0.6) is 0 Å². The maximum Gasteiger partial charge on any atom is 0.137 e. The largest absolute Gasteiger partial charge is 0.369 e. The first-order valence-electron chi connectivity index (χ1n) is 7.11. The standard InChI is InChI=1S/C17H15ClFN3/c18-13-5-3-12(4-6-13)2-1-9-20-17-15-10-14(19)7-8-16(15)21-11-22-17/h3-8,10-11H,1-2,9H2,(H,20,21,22). The van der Waals surface area contributed by atoms with E-state index < -0.39 is 0 Å². The molecule has 0 amide bonds. The number of aryl methyl sites for hydroxylation is 1. The molecule has 0 aliphatic carbocycles. The number of anilines is 1. The second-order valence-corrected chi connectivity index (χ2v) is 5.48. The molecule has 0 unspecified atom stereocenters. The number of aromatic nitrogens is 2. The van der Waals surface area contributed by atoms with E-state index in [1.807, 2.05) is 24.3 Å². The van der Waals surface area contributed by atoms with E-state index in [0.717, 1.165) is 29.9 Å². The van der Waals surface area contributed by atoms with Crippen molar-refractivity contribution < 1.29 is 4.39 Å². The highest BCUT2D eigenvalue weighted by Gasteiger charge is 2.04. The fourth-order valence-electron chi connectivity index (χ4n) is 2.32. The molecule has 5 heteroatoms. The predicted octanol–water partition coefficient (Wildman–Crippen LogP) is 4.47. The summed E-state index contributed by atoms with van der Waals surface area (Å²) in [5.41, 5.74) is 1.97. The topological polar surface area (TPSA) is 37.8 Å². The van der Waals surface area contributed by atoms with E-state index in [0.29, 0.717) is 11.2 Å². The lowest BCUT2D eigenvalue weighted by Gasteiger charge is -2.08. The molecule has 22 heavy (non-hydrogen) atoms. The Morgan fingerprint density at radius 3 is 2.68 bits per heavy atom. The maximum absolute atomic E-state index is 13.4. The molecule has 0 atom stereocenters. The molecule has 0 spiro atoms. The smallest absolute Gasteiger partial charge is 0.137 e. The summed E-state index contributed by atoms with van der Waals surface area (Å²) in [7, 11) is 0. The van der Waals surface area contributed by atoms with Crippen LogP contribution in [-0.2, 0) is 6.42 Å². The highest BCUT2D eigenvalue weighted by Crippen LogP contribution is 2.20. The van der Waals surface area contributed by atoms with Crippen LogP contribution in [0.4, 0.5) is 10.2 Å². The van der Waals surface area contributed by atoms with Crippen molar-refractivity contribution in [2.45, 2.75) is 12.8 Å². The summed E-state index contributed by atoms with van der Waals surface area (Å²) >= 11 is 5.86. The van der Waals surface area contributed by atoms with Crippen LogP contribution in [0.2, 0.25) is 5.02 Å². The van der Waals surface area contributed by atoms with E-state index in [2.05, 4.69) is 15.3 Å². The van der Waals surface area contributed by atoms with Crippen molar-refractivity contribution in [1.29, 1.82) is 0 Å². The molecule has 0 aliphatic heterocycles. The third-order valence-corrected chi connectivity index (χ3v) is 3.70. The van der Waals surface area contributed by atoms with Gasteiger partial charge in [-0.2, -0.15) is 0 Å². The molecule has 112 valence electrons. The van der Waals surface area contributed by atoms with E-state index in [4.69, 9.17) is 11.6 Å². The molecule has 0 fully saturated rings. The van der Waals surface area contributed by atoms with Crippen molar-refractivity contribution in [1.82, 2.24) is 9.97 Å². The zero-order chi connectivity index (χ0) is 15.4. The predicted molar refractivity (Wildman–Crippen MR) is 87.8 cm³/mol.